The number of carbonyl (C=O) groups is 2. The Bertz CT molecular complexity index is 1060. The first-order valence-electron chi connectivity index (χ1n) is 9.17. The molecule has 0 saturated carbocycles. The zero-order chi connectivity index (χ0) is 21.1. The lowest BCUT2D eigenvalue weighted by atomic mass is 10.2. The molecule has 6 nitrogen and oxygen atoms in total. The smallest absolute Gasteiger partial charge is 0.342 e. The fourth-order valence-corrected chi connectivity index (χ4v) is 2.95. The molecule has 0 radical (unpaired) electrons. The first-order chi connectivity index (χ1) is 13.8. The van der Waals surface area contributed by atoms with Gasteiger partial charge >= 0.3 is 5.97 Å². The van der Waals surface area contributed by atoms with Gasteiger partial charge in [0.2, 0.25) is 0 Å². The molecule has 2 aromatic carbocycles. The number of ether oxygens (including phenoxy) is 1. The zero-order valence-electron chi connectivity index (χ0n) is 16.7. The van der Waals surface area contributed by atoms with Gasteiger partial charge in [-0.3, -0.25) is 4.79 Å². The van der Waals surface area contributed by atoms with E-state index in [4.69, 9.17) is 4.74 Å². The summed E-state index contributed by atoms with van der Waals surface area (Å²) in [6.07, 6.45) is -1.06. The lowest BCUT2D eigenvalue weighted by molar-refractivity contribution is -0.123. The zero-order valence-corrected chi connectivity index (χ0v) is 16.7. The van der Waals surface area contributed by atoms with E-state index in [1.165, 1.54) is 13.0 Å². The van der Waals surface area contributed by atoms with Crippen LogP contribution in [-0.2, 0) is 9.53 Å². The molecule has 1 N–H and O–H groups in total. The number of para-hydroxylation sites is 1. The largest absolute Gasteiger partial charge is 0.449 e. The number of halogens is 1. The average Bonchev–Trinajstić information content (AvgIpc) is 2.99. The second-order valence-corrected chi connectivity index (χ2v) is 6.79. The van der Waals surface area contributed by atoms with Crippen LogP contribution in [0.1, 0.15) is 34.2 Å². The molecule has 0 bridgehead atoms. The van der Waals surface area contributed by atoms with Crippen molar-refractivity contribution in [1.29, 1.82) is 0 Å². The van der Waals surface area contributed by atoms with Crippen molar-refractivity contribution in [2.45, 2.75) is 33.8 Å². The number of anilines is 1. The SMILES string of the molecule is Cc1ccc(NC(=O)[C@H](C)OC(=O)c2c(C)nn(-c3ccccc3)c2C)cc1F. The van der Waals surface area contributed by atoms with Crippen LogP contribution in [0.2, 0.25) is 0 Å². The quantitative estimate of drug-likeness (QED) is 0.660. The molecule has 0 aliphatic carbocycles. The highest BCUT2D eigenvalue weighted by Crippen LogP contribution is 2.20. The summed E-state index contributed by atoms with van der Waals surface area (Å²) in [4.78, 5) is 25.0. The molecule has 1 amide bonds. The van der Waals surface area contributed by atoms with Gasteiger partial charge < -0.3 is 10.1 Å². The predicted molar refractivity (Wildman–Crippen MR) is 108 cm³/mol. The third-order valence-electron chi connectivity index (χ3n) is 4.59. The number of carbonyl (C=O) groups excluding carboxylic acids is 2. The van der Waals surface area contributed by atoms with E-state index in [2.05, 4.69) is 10.4 Å². The molecule has 0 unspecified atom stereocenters. The van der Waals surface area contributed by atoms with Crippen LogP contribution in [0.3, 0.4) is 0 Å². The van der Waals surface area contributed by atoms with Gasteiger partial charge in [-0.25, -0.2) is 13.9 Å². The van der Waals surface area contributed by atoms with Gasteiger partial charge in [-0.15, -0.1) is 0 Å². The van der Waals surface area contributed by atoms with Crippen LogP contribution in [0, 0.1) is 26.6 Å². The molecule has 1 heterocycles. The van der Waals surface area contributed by atoms with E-state index in [1.807, 2.05) is 30.3 Å². The van der Waals surface area contributed by atoms with E-state index >= 15 is 0 Å². The fraction of sp³-hybridized carbons (Fsp3) is 0.227. The number of aryl methyl sites for hydroxylation is 2. The van der Waals surface area contributed by atoms with Crippen LogP contribution < -0.4 is 5.32 Å². The molecule has 3 rings (SSSR count). The minimum atomic E-state index is -1.06. The van der Waals surface area contributed by atoms with Gasteiger partial charge in [0.25, 0.3) is 5.91 Å². The first-order valence-corrected chi connectivity index (χ1v) is 9.17. The molecule has 3 aromatic rings. The summed E-state index contributed by atoms with van der Waals surface area (Å²) in [6, 6.07) is 13.8. The van der Waals surface area contributed by atoms with E-state index in [1.54, 1.807) is 37.6 Å². The highest BCUT2D eigenvalue weighted by molar-refractivity contribution is 5.98. The summed E-state index contributed by atoms with van der Waals surface area (Å²) in [7, 11) is 0. The van der Waals surface area contributed by atoms with E-state index in [9.17, 15) is 14.0 Å². The molecular formula is C22H22FN3O3. The summed E-state index contributed by atoms with van der Waals surface area (Å²) >= 11 is 0. The van der Waals surface area contributed by atoms with Gasteiger partial charge in [-0.05, 0) is 57.5 Å². The molecular weight excluding hydrogens is 373 g/mol. The van der Waals surface area contributed by atoms with Crippen molar-refractivity contribution in [1.82, 2.24) is 9.78 Å². The van der Waals surface area contributed by atoms with E-state index < -0.39 is 23.8 Å². The molecule has 1 atom stereocenters. The standard InChI is InChI=1S/C22H22FN3O3/c1-13-10-11-17(12-19(13)23)24-21(27)16(4)29-22(28)20-14(2)25-26(15(20)3)18-8-6-5-7-9-18/h5-12,16H,1-4H3,(H,24,27)/t16-/m0/s1. The summed E-state index contributed by atoms with van der Waals surface area (Å²) in [5.74, 6) is -1.61. The molecule has 0 aliphatic rings. The molecule has 0 spiro atoms. The molecule has 1 aromatic heterocycles. The molecule has 7 heteroatoms. The van der Waals surface area contributed by atoms with Gasteiger partial charge in [0.15, 0.2) is 6.10 Å². The van der Waals surface area contributed by atoms with Crippen molar-refractivity contribution in [3.05, 3.63) is 76.9 Å². The number of hydrogen-bond acceptors (Lipinski definition) is 4. The van der Waals surface area contributed by atoms with E-state index in [0.29, 0.717) is 28.2 Å². The topological polar surface area (TPSA) is 73.2 Å². The molecule has 0 fully saturated rings. The number of rotatable bonds is 5. The number of benzene rings is 2. The second kappa shape index (κ2) is 8.26. The second-order valence-electron chi connectivity index (χ2n) is 6.79. The third kappa shape index (κ3) is 4.34. The highest BCUT2D eigenvalue weighted by Gasteiger charge is 2.25. The Morgan fingerprint density at radius 1 is 1.10 bits per heavy atom. The van der Waals surface area contributed by atoms with Crippen LogP contribution >= 0.6 is 0 Å². The fourth-order valence-electron chi connectivity index (χ4n) is 2.95. The third-order valence-corrected chi connectivity index (χ3v) is 4.59. The van der Waals surface area contributed by atoms with Crippen molar-refractivity contribution in [3.8, 4) is 5.69 Å². The van der Waals surface area contributed by atoms with Crippen molar-refractivity contribution >= 4 is 17.6 Å². The van der Waals surface area contributed by atoms with Crippen molar-refractivity contribution in [2.75, 3.05) is 5.32 Å². The number of amides is 1. The molecule has 0 saturated heterocycles. The lowest BCUT2D eigenvalue weighted by Crippen LogP contribution is -2.30. The normalized spacial score (nSPS) is 11.8. The summed E-state index contributed by atoms with van der Waals surface area (Å²) in [5, 5.41) is 6.96. The van der Waals surface area contributed by atoms with Crippen LogP contribution in [0.5, 0.6) is 0 Å². The Kier molecular flexibility index (Phi) is 5.77. The van der Waals surface area contributed by atoms with Gasteiger partial charge in [-0.2, -0.15) is 5.10 Å². The van der Waals surface area contributed by atoms with Crippen LogP contribution in [0.4, 0.5) is 10.1 Å². The number of hydrogen-bond donors (Lipinski definition) is 1. The maximum Gasteiger partial charge on any atom is 0.342 e. The molecule has 29 heavy (non-hydrogen) atoms. The van der Waals surface area contributed by atoms with E-state index in [-0.39, 0.29) is 0 Å². The highest BCUT2D eigenvalue weighted by atomic mass is 19.1. The van der Waals surface area contributed by atoms with Gasteiger partial charge in [0.1, 0.15) is 11.4 Å². The Labute approximate surface area is 168 Å². The van der Waals surface area contributed by atoms with Crippen molar-refractivity contribution < 1.29 is 18.7 Å². The summed E-state index contributed by atoms with van der Waals surface area (Å²) in [6.45, 7) is 6.57. The number of nitrogens with zero attached hydrogens (tertiary/aromatic N) is 2. The van der Waals surface area contributed by atoms with Crippen LogP contribution in [0.15, 0.2) is 48.5 Å². The van der Waals surface area contributed by atoms with Crippen molar-refractivity contribution in [3.63, 3.8) is 0 Å². The Morgan fingerprint density at radius 2 is 1.79 bits per heavy atom. The van der Waals surface area contributed by atoms with Gasteiger partial charge in [0.05, 0.1) is 17.1 Å². The number of esters is 1. The predicted octanol–water partition coefficient (Wildman–Crippen LogP) is 4.12. The van der Waals surface area contributed by atoms with Crippen molar-refractivity contribution in [2.24, 2.45) is 0 Å². The summed E-state index contributed by atoms with van der Waals surface area (Å²) in [5.41, 5.74) is 3.03. The van der Waals surface area contributed by atoms with Crippen LogP contribution in [-0.4, -0.2) is 27.8 Å². The first kappa shape index (κ1) is 20.3. The summed E-state index contributed by atoms with van der Waals surface area (Å²) < 4.78 is 20.6. The van der Waals surface area contributed by atoms with Gasteiger partial charge in [-0.1, -0.05) is 24.3 Å². The average molecular weight is 395 g/mol. The monoisotopic (exact) mass is 395 g/mol. The minimum absolute atomic E-state index is 0.297. The van der Waals surface area contributed by atoms with E-state index in [0.717, 1.165) is 5.69 Å². The Balaban J connectivity index is 1.73. The Hall–Kier alpha value is -3.48. The maximum absolute atomic E-state index is 13.6. The molecule has 150 valence electrons. The van der Waals surface area contributed by atoms with Gasteiger partial charge in [0, 0.05) is 5.69 Å². The number of nitrogens with one attached hydrogen (secondary N) is 1. The maximum atomic E-state index is 13.6. The molecule has 0 aliphatic heterocycles. The Morgan fingerprint density at radius 3 is 2.45 bits per heavy atom. The lowest BCUT2D eigenvalue weighted by Gasteiger charge is -2.14. The number of aromatic nitrogens is 2. The minimum Gasteiger partial charge on any atom is -0.449 e. The van der Waals surface area contributed by atoms with Crippen LogP contribution in [0.25, 0.3) is 5.69 Å².